The Morgan fingerprint density at radius 2 is 2.04 bits per heavy atom. The number of nitro groups is 1. The van der Waals surface area contributed by atoms with Gasteiger partial charge in [-0.2, -0.15) is 0 Å². The number of carbonyl (C=O) groups excluding carboxylic acids is 1. The van der Waals surface area contributed by atoms with Crippen molar-refractivity contribution in [3.8, 4) is 5.75 Å². The van der Waals surface area contributed by atoms with Crippen molar-refractivity contribution in [3.63, 3.8) is 0 Å². The normalized spacial score (nSPS) is 10.5. The number of hydrogen-bond donors (Lipinski definition) is 1. The van der Waals surface area contributed by atoms with Crippen LogP contribution in [0.1, 0.15) is 0 Å². The van der Waals surface area contributed by atoms with Gasteiger partial charge >= 0.3 is 0 Å². The monoisotopic (exact) mass is 483 g/mol. The molecule has 0 saturated carbocycles. The number of nitrogens with zero attached hydrogens (tertiary/aromatic N) is 2. The fourth-order valence-corrected chi connectivity index (χ4v) is 3.45. The number of aromatic nitrogens is 1. The molecular weight excluding hydrogens is 473 g/mol. The highest BCUT2D eigenvalue weighted by Crippen LogP contribution is 2.34. The summed E-state index contributed by atoms with van der Waals surface area (Å²) in [5.74, 6) is 0.0816. The van der Waals surface area contributed by atoms with Crippen LogP contribution in [0, 0.1) is 13.7 Å². The van der Waals surface area contributed by atoms with Crippen molar-refractivity contribution in [3.05, 3.63) is 67.4 Å². The smallest absolute Gasteiger partial charge is 0.269 e. The Kier molecular flexibility index (Phi) is 5.52. The van der Waals surface area contributed by atoms with E-state index in [0.29, 0.717) is 22.0 Å². The van der Waals surface area contributed by atoms with Crippen LogP contribution in [0.15, 0.2) is 48.7 Å². The molecule has 1 amide bonds. The maximum absolute atomic E-state index is 12.1. The minimum absolute atomic E-state index is 0.0486. The Hall–Kier alpha value is -2.46. The van der Waals surface area contributed by atoms with Crippen molar-refractivity contribution in [1.29, 1.82) is 0 Å². The van der Waals surface area contributed by atoms with Crippen molar-refractivity contribution >= 4 is 62.4 Å². The maximum atomic E-state index is 12.1. The van der Waals surface area contributed by atoms with E-state index in [2.05, 4.69) is 32.9 Å². The molecule has 1 N–H and O–H groups in total. The Morgan fingerprint density at radius 3 is 2.73 bits per heavy atom. The zero-order valence-corrected chi connectivity index (χ0v) is 16.0. The van der Waals surface area contributed by atoms with Gasteiger partial charge in [-0.3, -0.25) is 19.9 Å². The zero-order valence-electron chi connectivity index (χ0n) is 13.1. The molecule has 0 radical (unpaired) electrons. The van der Waals surface area contributed by atoms with Gasteiger partial charge in [-0.1, -0.05) is 11.6 Å². The predicted molar refractivity (Wildman–Crippen MR) is 107 cm³/mol. The molecule has 26 heavy (non-hydrogen) atoms. The molecule has 3 rings (SSSR count). The van der Waals surface area contributed by atoms with Crippen LogP contribution in [-0.4, -0.2) is 22.4 Å². The number of rotatable bonds is 5. The van der Waals surface area contributed by atoms with Gasteiger partial charge in [-0.15, -0.1) is 0 Å². The molecule has 0 spiro atoms. The van der Waals surface area contributed by atoms with E-state index >= 15 is 0 Å². The summed E-state index contributed by atoms with van der Waals surface area (Å²) in [4.78, 5) is 26.5. The largest absolute Gasteiger partial charge is 0.480 e. The number of fused-ring (bicyclic) bond motifs is 1. The summed E-state index contributed by atoms with van der Waals surface area (Å²) in [5.41, 5.74) is 0.970. The maximum Gasteiger partial charge on any atom is 0.269 e. The molecule has 0 aliphatic carbocycles. The van der Waals surface area contributed by atoms with E-state index < -0.39 is 10.8 Å². The number of nitro benzene ring substituents is 1. The number of nitrogens with one attached hydrogen (secondary N) is 1. The second kappa shape index (κ2) is 7.83. The highest BCUT2D eigenvalue weighted by molar-refractivity contribution is 14.1. The van der Waals surface area contributed by atoms with Crippen molar-refractivity contribution in [1.82, 2.24) is 4.98 Å². The molecule has 132 valence electrons. The molecule has 7 nitrogen and oxygen atoms in total. The summed E-state index contributed by atoms with van der Waals surface area (Å²) >= 11 is 8.28. The van der Waals surface area contributed by atoms with E-state index in [0.717, 1.165) is 8.96 Å². The first kappa shape index (κ1) is 18.3. The molecule has 2 aromatic carbocycles. The summed E-state index contributed by atoms with van der Waals surface area (Å²) < 4.78 is 6.39. The third-order valence-corrected chi connectivity index (χ3v) is 4.57. The van der Waals surface area contributed by atoms with Crippen LogP contribution in [0.4, 0.5) is 11.4 Å². The number of halogens is 2. The van der Waals surface area contributed by atoms with Crippen LogP contribution < -0.4 is 10.1 Å². The lowest BCUT2D eigenvalue weighted by atomic mass is 10.2. The Labute approximate surface area is 166 Å². The SMILES string of the molecule is O=C(COc1c(I)cc(Cl)c2cccnc12)Nc1ccc([N+](=O)[O-])cc1. The van der Waals surface area contributed by atoms with Gasteiger partial charge in [0.1, 0.15) is 5.52 Å². The van der Waals surface area contributed by atoms with Crippen LogP contribution in [0.5, 0.6) is 5.75 Å². The number of hydrogen-bond acceptors (Lipinski definition) is 5. The lowest BCUT2D eigenvalue weighted by Gasteiger charge is -2.12. The lowest BCUT2D eigenvalue weighted by Crippen LogP contribution is -2.20. The summed E-state index contributed by atoms with van der Waals surface area (Å²) in [6.07, 6.45) is 1.62. The highest BCUT2D eigenvalue weighted by atomic mass is 127. The number of non-ortho nitro benzene ring substituents is 1. The fourth-order valence-electron chi connectivity index (χ4n) is 2.29. The first-order valence-corrected chi connectivity index (χ1v) is 8.81. The van der Waals surface area contributed by atoms with Crippen LogP contribution in [0.3, 0.4) is 0 Å². The quantitative estimate of drug-likeness (QED) is 0.329. The number of amides is 1. The Balaban J connectivity index is 1.72. The van der Waals surface area contributed by atoms with Crippen molar-refractivity contribution in [2.24, 2.45) is 0 Å². The molecule has 1 heterocycles. The van der Waals surface area contributed by atoms with E-state index in [-0.39, 0.29) is 12.3 Å². The van der Waals surface area contributed by atoms with E-state index in [1.807, 2.05) is 6.07 Å². The zero-order chi connectivity index (χ0) is 18.7. The van der Waals surface area contributed by atoms with Gasteiger partial charge < -0.3 is 10.1 Å². The Morgan fingerprint density at radius 1 is 1.31 bits per heavy atom. The van der Waals surface area contributed by atoms with Gasteiger partial charge in [-0.25, -0.2) is 0 Å². The van der Waals surface area contributed by atoms with E-state index in [9.17, 15) is 14.9 Å². The van der Waals surface area contributed by atoms with Gasteiger partial charge in [-0.05, 0) is 52.9 Å². The van der Waals surface area contributed by atoms with E-state index in [4.69, 9.17) is 16.3 Å². The van der Waals surface area contributed by atoms with Gasteiger partial charge in [0.05, 0.1) is 13.5 Å². The molecule has 3 aromatic rings. The molecular formula is C17H11ClIN3O4. The summed E-state index contributed by atoms with van der Waals surface area (Å²) in [6, 6.07) is 10.9. The average Bonchev–Trinajstić information content (AvgIpc) is 2.62. The second-order valence-corrected chi connectivity index (χ2v) is 6.78. The summed E-state index contributed by atoms with van der Waals surface area (Å²) in [6.45, 7) is -0.236. The molecule has 0 aliphatic rings. The van der Waals surface area contributed by atoms with Crippen LogP contribution in [-0.2, 0) is 4.79 Å². The first-order chi connectivity index (χ1) is 12.5. The second-order valence-electron chi connectivity index (χ2n) is 5.21. The van der Waals surface area contributed by atoms with Gasteiger partial charge in [0.15, 0.2) is 12.4 Å². The third-order valence-electron chi connectivity index (χ3n) is 3.46. The predicted octanol–water partition coefficient (Wildman–Crippen LogP) is 4.42. The summed E-state index contributed by atoms with van der Waals surface area (Å²) in [7, 11) is 0. The summed E-state index contributed by atoms with van der Waals surface area (Å²) in [5, 5.41) is 14.6. The molecule has 0 atom stereocenters. The van der Waals surface area contributed by atoms with Crippen molar-refractivity contribution in [2.75, 3.05) is 11.9 Å². The third kappa shape index (κ3) is 4.02. The van der Waals surface area contributed by atoms with E-state index in [1.54, 1.807) is 18.3 Å². The van der Waals surface area contributed by atoms with Gasteiger partial charge in [0, 0.05) is 29.4 Å². The number of benzene rings is 2. The topological polar surface area (TPSA) is 94.4 Å². The number of pyridine rings is 1. The molecule has 0 aliphatic heterocycles. The van der Waals surface area contributed by atoms with Gasteiger partial charge in [0.25, 0.3) is 11.6 Å². The van der Waals surface area contributed by atoms with Crippen molar-refractivity contribution in [2.45, 2.75) is 0 Å². The first-order valence-electron chi connectivity index (χ1n) is 7.35. The average molecular weight is 484 g/mol. The molecule has 0 saturated heterocycles. The molecule has 0 fully saturated rings. The number of carbonyl (C=O) groups is 1. The van der Waals surface area contributed by atoms with Crippen molar-refractivity contribution < 1.29 is 14.5 Å². The highest BCUT2D eigenvalue weighted by Gasteiger charge is 2.14. The molecule has 9 heteroatoms. The van der Waals surface area contributed by atoms with Crippen LogP contribution in [0.25, 0.3) is 10.9 Å². The molecule has 0 unspecified atom stereocenters. The van der Waals surface area contributed by atoms with E-state index in [1.165, 1.54) is 24.3 Å². The lowest BCUT2D eigenvalue weighted by molar-refractivity contribution is -0.384. The molecule has 1 aromatic heterocycles. The fraction of sp³-hybridized carbons (Fsp3) is 0.0588. The standard InChI is InChI=1S/C17H11ClIN3O4/c18-13-8-14(19)17(16-12(13)2-1-7-20-16)26-9-15(23)21-10-3-5-11(6-4-10)22(24)25/h1-8H,9H2,(H,21,23). The minimum Gasteiger partial charge on any atom is -0.480 e. The molecule has 0 bridgehead atoms. The van der Waals surface area contributed by atoms with Crippen LogP contribution in [0.2, 0.25) is 5.02 Å². The van der Waals surface area contributed by atoms with Crippen LogP contribution >= 0.6 is 34.2 Å². The number of ether oxygens (including phenoxy) is 1. The number of anilines is 1. The minimum atomic E-state index is -0.505. The Bertz CT molecular complexity index is 995. The van der Waals surface area contributed by atoms with Gasteiger partial charge in [0.2, 0.25) is 0 Å².